The molecular weight excluding hydrogens is 228 g/mol. The Bertz CT molecular complexity index is 422. The first-order valence-corrected chi connectivity index (χ1v) is 6.02. The molecule has 0 radical (unpaired) electrons. The van der Waals surface area contributed by atoms with Crippen molar-refractivity contribution in [3.8, 4) is 0 Å². The highest BCUT2D eigenvalue weighted by Crippen LogP contribution is 2.24. The van der Waals surface area contributed by atoms with E-state index in [1.54, 1.807) is 0 Å². The molecular formula is C14H22N2O2. The molecule has 0 spiro atoms. The van der Waals surface area contributed by atoms with Gasteiger partial charge in [0, 0.05) is 0 Å². The number of carbonyl (C=O) groups excluding carboxylic acids is 1. The van der Waals surface area contributed by atoms with E-state index in [0.29, 0.717) is 6.61 Å². The molecule has 3 N–H and O–H groups in total. The molecule has 0 saturated heterocycles. The molecule has 4 nitrogen and oxygen atoms in total. The molecule has 0 aliphatic heterocycles. The van der Waals surface area contributed by atoms with Gasteiger partial charge in [0.1, 0.15) is 6.61 Å². The normalized spacial score (nSPS) is 11.4. The van der Waals surface area contributed by atoms with Crippen molar-refractivity contribution in [2.75, 3.05) is 6.61 Å². The van der Waals surface area contributed by atoms with Gasteiger partial charge in [0.2, 0.25) is 0 Å². The van der Waals surface area contributed by atoms with E-state index in [0.717, 1.165) is 5.56 Å². The molecule has 1 aromatic carbocycles. The minimum absolute atomic E-state index is 0.0169. The van der Waals surface area contributed by atoms with Gasteiger partial charge in [0.05, 0.1) is 6.61 Å². The lowest BCUT2D eigenvalue weighted by Crippen LogP contribution is -2.33. The van der Waals surface area contributed by atoms with Gasteiger partial charge in [-0.3, -0.25) is 10.2 Å². The number of ether oxygens (including phenoxy) is 1. The van der Waals surface area contributed by atoms with Gasteiger partial charge < -0.3 is 4.74 Å². The van der Waals surface area contributed by atoms with Crippen LogP contribution in [0.1, 0.15) is 37.5 Å². The van der Waals surface area contributed by atoms with Crippen molar-refractivity contribution >= 4 is 5.91 Å². The van der Waals surface area contributed by atoms with Gasteiger partial charge in [-0.25, -0.2) is 5.84 Å². The zero-order chi connectivity index (χ0) is 13.8. The largest absolute Gasteiger partial charge is 0.367 e. The second kappa shape index (κ2) is 5.98. The number of nitrogens with one attached hydrogen (secondary N) is 1. The van der Waals surface area contributed by atoms with E-state index < -0.39 is 0 Å². The highest BCUT2D eigenvalue weighted by Gasteiger charge is 2.14. The summed E-state index contributed by atoms with van der Waals surface area (Å²) in [5.74, 6) is 4.65. The van der Waals surface area contributed by atoms with Crippen LogP contribution in [-0.2, 0) is 21.6 Å². The first-order valence-electron chi connectivity index (χ1n) is 6.02. The smallest absolute Gasteiger partial charge is 0.259 e. The predicted octanol–water partition coefficient (Wildman–Crippen LogP) is 1.80. The van der Waals surface area contributed by atoms with Gasteiger partial charge in [0.15, 0.2) is 0 Å². The van der Waals surface area contributed by atoms with Crippen LogP contribution in [0.5, 0.6) is 0 Å². The molecule has 0 bridgehead atoms. The minimum atomic E-state index is -0.320. The summed E-state index contributed by atoms with van der Waals surface area (Å²) >= 11 is 0. The highest BCUT2D eigenvalue weighted by molar-refractivity contribution is 5.76. The molecule has 1 rings (SSSR count). The Labute approximate surface area is 108 Å². The summed E-state index contributed by atoms with van der Waals surface area (Å²) in [6.45, 7) is 9.01. The number of hydrogen-bond donors (Lipinski definition) is 2. The van der Waals surface area contributed by atoms with Crippen molar-refractivity contribution in [2.24, 2.45) is 5.84 Å². The summed E-state index contributed by atoms with van der Waals surface area (Å²) in [6.07, 6.45) is 0. The summed E-state index contributed by atoms with van der Waals surface area (Å²) in [4.78, 5) is 10.9. The third-order valence-electron chi connectivity index (χ3n) is 2.86. The quantitative estimate of drug-likeness (QED) is 0.486. The third-order valence-corrected chi connectivity index (χ3v) is 2.86. The number of hydrogen-bond acceptors (Lipinski definition) is 3. The second-order valence-electron chi connectivity index (χ2n) is 5.45. The maximum atomic E-state index is 10.9. The van der Waals surface area contributed by atoms with Crippen molar-refractivity contribution in [3.05, 3.63) is 34.9 Å². The van der Waals surface area contributed by atoms with Crippen LogP contribution in [0.15, 0.2) is 18.2 Å². The van der Waals surface area contributed by atoms with Crippen molar-refractivity contribution in [1.82, 2.24) is 5.43 Å². The van der Waals surface area contributed by atoms with E-state index in [1.165, 1.54) is 11.1 Å². The number of amides is 1. The van der Waals surface area contributed by atoms with Crippen LogP contribution in [0, 0.1) is 6.92 Å². The van der Waals surface area contributed by atoms with Crippen LogP contribution in [0.2, 0.25) is 0 Å². The highest BCUT2D eigenvalue weighted by atomic mass is 16.5. The zero-order valence-corrected chi connectivity index (χ0v) is 11.5. The summed E-state index contributed by atoms with van der Waals surface area (Å²) < 4.78 is 5.29. The number of rotatable bonds is 4. The molecule has 18 heavy (non-hydrogen) atoms. The van der Waals surface area contributed by atoms with Gasteiger partial charge in [-0.15, -0.1) is 0 Å². The SMILES string of the molecule is Cc1cc(C(C)(C)C)ccc1COCC(=O)NN. The van der Waals surface area contributed by atoms with E-state index in [1.807, 2.05) is 5.43 Å². The van der Waals surface area contributed by atoms with Crippen LogP contribution < -0.4 is 11.3 Å². The van der Waals surface area contributed by atoms with Gasteiger partial charge in [-0.2, -0.15) is 0 Å². The first-order chi connectivity index (χ1) is 8.34. The molecule has 0 saturated carbocycles. The number of hydrazine groups is 1. The molecule has 100 valence electrons. The fourth-order valence-electron chi connectivity index (χ4n) is 1.62. The standard InChI is InChI=1S/C14H22N2O2/c1-10-7-12(14(2,3)4)6-5-11(10)8-18-9-13(17)16-15/h5-7H,8-9,15H2,1-4H3,(H,16,17). The van der Waals surface area contributed by atoms with Gasteiger partial charge >= 0.3 is 0 Å². The van der Waals surface area contributed by atoms with Crippen molar-refractivity contribution < 1.29 is 9.53 Å². The Morgan fingerprint density at radius 1 is 1.39 bits per heavy atom. The van der Waals surface area contributed by atoms with Crippen molar-refractivity contribution in [2.45, 2.75) is 39.7 Å². The van der Waals surface area contributed by atoms with Gasteiger partial charge in [-0.1, -0.05) is 39.0 Å². The first kappa shape index (κ1) is 14.7. The van der Waals surface area contributed by atoms with Crippen LogP contribution in [0.3, 0.4) is 0 Å². The molecule has 1 aromatic rings. The summed E-state index contributed by atoms with van der Waals surface area (Å²) in [7, 11) is 0. The van der Waals surface area contributed by atoms with E-state index in [9.17, 15) is 4.79 Å². The predicted molar refractivity (Wildman–Crippen MR) is 71.9 cm³/mol. The number of carbonyl (C=O) groups is 1. The number of benzene rings is 1. The lowest BCUT2D eigenvalue weighted by Gasteiger charge is -2.20. The number of nitrogens with two attached hydrogens (primary N) is 1. The summed E-state index contributed by atoms with van der Waals surface area (Å²) in [6, 6.07) is 6.33. The Hall–Kier alpha value is -1.39. The zero-order valence-electron chi connectivity index (χ0n) is 11.5. The van der Waals surface area contributed by atoms with Crippen LogP contribution >= 0.6 is 0 Å². The minimum Gasteiger partial charge on any atom is -0.367 e. The third kappa shape index (κ3) is 4.13. The monoisotopic (exact) mass is 250 g/mol. The summed E-state index contributed by atoms with van der Waals surface area (Å²) in [5, 5.41) is 0. The molecule has 4 heteroatoms. The molecule has 0 aliphatic rings. The lowest BCUT2D eigenvalue weighted by molar-refractivity contribution is -0.126. The molecule has 0 fully saturated rings. The van der Waals surface area contributed by atoms with Gasteiger partial charge in [-0.05, 0) is 29.0 Å². The molecule has 0 aliphatic carbocycles. The van der Waals surface area contributed by atoms with Crippen LogP contribution in [0.25, 0.3) is 0 Å². The van der Waals surface area contributed by atoms with Crippen LogP contribution in [0.4, 0.5) is 0 Å². The fourth-order valence-corrected chi connectivity index (χ4v) is 1.62. The maximum Gasteiger partial charge on any atom is 0.259 e. The molecule has 0 atom stereocenters. The molecule has 0 heterocycles. The Morgan fingerprint density at radius 2 is 2.06 bits per heavy atom. The van der Waals surface area contributed by atoms with Crippen molar-refractivity contribution in [3.63, 3.8) is 0 Å². The summed E-state index contributed by atoms with van der Waals surface area (Å²) in [5.41, 5.74) is 5.74. The van der Waals surface area contributed by atoms with Gasteiger partial charge in [0.25, 0.3) is 5.91 Å². The van der Waals surface area contributed by atoms with Crippen LogP contribution in [-0.4, -0.2) is 12.5 Å². The average Bonchev–Trinajstić information content (AvgIpc) is 2.29. The molecule has 0 unspecified atom stereocenters. The molecule has 0 aromatic heterocycles. The second-order valence-corrected chi connectivity index (χ2v) is 5.45. The average molecular weight is 250 g/mol. The Kier molecular flexibility index (Phi) is 4.87. The fraction of sp³-hybridized carbons (Fsp3) is 0.500. The maximum absolute atomic E-state index is 10.9. The van der Waals surface area contributed by atoms with E-state index in [2.05, 4.69) is 45.9 Å². The van der Waals surface area contributed by atoms with E-state index >= 15 is 0 Å². The Morgan fingerprint density at radius 3 is 2.56 bits per heavy atom. The van der Waals surface area contributed by atoms with Crippen molar-refractivity contribution in [1.29, 1.82) is 0 Å². The molecule has 1 amide bonds. The topological polar surface area (TPSA) is 64.3 Å². The Balaban J connectivity index is 2.66. The van der Waals surface area contributed by atoms with E-state index in [4.69, 9.17) is 10.6 Å². The van der Waals surface area contributed by atoms with E-state index in [-0.39, 0.29) is 17.9 Å². The lowest BCUT2D eigenvalue weighted by atomic mass is 9.85. The number of aryl methyl sites for hydroxylation is 1.